The average Bonchev–Trinajstić information content (AvgIpc) is 3.05. The van der Waals surface area contributed by atoms with Crippen molar-refractivity contribution in [3.05, 3.63) is 71.4 Å². The van der Waals surface area contributed by atoms with E-state index in [4.69, 9.17) is 4.98 Å². The Morgan fingerprint density at radius 3 is 2.44 bits per heavy atom. The first kappa shape index (κ1) is 17.5. The van der Waals surface area contributed by atoms with Crippen LogP contribution in [0.1, 0.15) is 37.6 Å². The Hall–Kier alpha value is -2.88. The number of nitrogens with zero attached hydrogens (tertiary/aromatic N) is 3. The van der Waals surface area contributed by atoms with Gasteiger partial charge in [0.2, 0.25) is 5.95 Å². The summed E-state index contributed by atoms with van der Waals surface area (Å²) >= 11 is 0. The number of nitrogens with one attached hydrogen (secondary N) is 1. The number of fused-ring (bicyclic) bond motifs is 1. The molecule has 4 heteroatoms. The van der Waals surface area contributed by atoms with Crippen molar-refractivity contribution in [3.63, 3.8) is 0 Å². The molecule has 3 aromatic rings. The van der Waals surface area contributed by atoms with Gasteiger partial charge in [-0.1, -0.05) is 51.1 Å². The van der Waals surface area contributed by atoms with Crippen molar-refractivity contribution in [3.8, 4) is 0 Å². The van der Waals surface area contributed by atoms with E-state index in [0.29, 0.717) is 0 Å². The SMILES string of the molecule is Cc1cc(Nc2ccc(C(C)(C)C)cc2)nc(N2CCc3ccccc32)n1. The number of para-hydroxylation sites is 1. The molecule has 0 bridgehead atoms. The van der Waals surface area contributed by atoms with Crippen molar-refractivity contribution in [2.75, 3.05) is 16.8 Å². The molecule has 0 atom stereocenters. The molecule has 4 nitrogen and oxygen atoms in total. The lowest BCUT2D eigenvalue weighted by Crippen LogP contribution is -2.17. The lowest BCUT2D eigenvalue weighted by atomic mass is 9.87. The molecule has 138 valence electrons. The van der Waals surface area contributed by atoms with Gasteiger partial charge in [0, 0.05) is 29.7 Å². The zero-order valence-corrected chi connectivity index (χ0v) is 16.5. The molecule has 0 radical (unpaired) electrons. The number of hydrogen-bond donors (Lipinski definition) is 1. The van der Waals surface area contributed by atoms with Crippen molar-refractivity contribution in [2.24, 2.45) is 0 Å². The fourth-order valence-electron chi connectivity index (χ4n) is 3.49. The van der Waals surface area contributed by atoms with Gasteiger partial charge in [0.1, 0.15) is 5.82 Å². The summed E-state index contributed by atoms with van der Waals surface area (Å²) in [6, 6.07) is 19.1. The van der Waals surface area contributed by atoms with Crippen LogP contribution in [0.2, 0.25) is 0 Å². The highest BCUT2D eigenvalue weighted by molar-refractivity contribution is 5.67. The molecule has 0 fully saturated rings. The lowest BCUT2D eigenvalue weighted by Gasteiger charge is -2.20. The number of anilines is 4. The van der Waals surface area contributed by atoms with Crippen molar-refractivity contribution >= 4 is 23.1 Å². The first-order valence-corrected chi connectivity index (χ1v) is 9.49. The summed E-state index contributed by atoms with van der Waals surface area (Å²) in [4.78, 5) is 11.7. The summed E-state index contributed by atoms with van der Waals surface area (Å²) in [7, 11) is 0. The van der Waals surface area contributed by atoms with Crippen LogP contribution in [0, 0.1) is 6.92 Å². The number of aromatic nitrogens is 2. The minimum absolute atomic E-state index is 0.153. The third-order valence-electron chi connectivity index (χ3n) is 4.99. The highest BCUT2D eigenvalue weighted by Crippen LogP contribution is 2.33. The van der Waals surface area contributed by atoms with Gasteiger partial charge in [-0.2, -0.15) is 4.98 Å². The Morgan fingerprint density at radius 2 is 1.70 bits per heavy atom. The van der Waals surface area contributed by atoms with Crippen LogP contribution in [0.25, 0.3) is 0 Å². The Bertz CT molecular complexity index is 955. The standard InChI is InChI=1S/C23H26N4/c1-16-15-21(25-19-11-9-18(10-12-19)23(2,3)4)26-22(24-16)27-14-13-17-7-5-6-8-20(17)27/h5-12,15H,13-14H2,1-4H3,(H,24,25,26). The Kier molecular flexibility index (Phi) is 4.34. The van der Waals surface area contributed by atoms with Crippen molar-refractivity contribution in [1.29, 1.82) is 0 Å². The predicted molar refractivity (Wildman–Crippen MR) is 112 cm³/mol. The molecule has 0 aliphatic carbocycles. The molecule has 2 heterocycles. The quantitative estimate of drug-likeness (QED) is 0.669. The molecule has 0 spiro atoms. The second kappa shape index (κ2) is 6.69. The molecule has 1 aliphatic rings. The maximum atomic E-state index is 4.78. The summed E-state index contributed by atoms with van der Waals surface area (Å²) in [6.07, 6.45) is 1.03. The normalized spacial score (nSPS) is 13.6. The van der Waals surface area contributed by atoms with Gasteiger partial charge in [-0.15, -0.1) is 0 Å². The van der Waals surface area contributed by atoms with Gasteiger partial charge < -0.3 is 10.2 Å². The van der Waals surface area contributed by atoms with Crippen LogP contribution in [0.15, 0.2) is 54.6 Å². The summed E-state index contributed by atoms with van der Waals surface area (Å²) in [6.45, 7) is 9.61. The molecule has 1 aromatic heterocycles. The maximum Gasteiger partial charge on any atom is 0.232 e. The van der Waals surface area contributed by atoms with Gasteiger partial charge in [-0.3, -0.25) is 0 Å². The van der Waals surface area contributed by atoms with Crippen LogP contribution in [0.4, 0.5) is 23.1 Å². The van der Waals surface area contributed by atoms with E-state index in [1.54, 1.807) is 0 Å². The third-order valence-corrected chi connectivity index (χ3v) is 4.99. The fourth-order valence-corrected chi connectivity index (χ4v) is 3.49. The van der Waals surface area contributed by atoms with Crippen LogP contribution in [-0.4, -0.2) is 16.5 Å². The fraction of sp³-hybridized carbons (Fsp3) is 0.304. The molecule has 0 amide bonds. The molecule has 4 rings (SSSR count). The van der Waals surface area contributed by atoms with Crippen LogP contribution in [-0.2, 0) is 11.8 Å². The average molecular weight is 358 g/mol. The first-order valence-electron chi connectivity index (χ1n) is 9.49. The van der Waals surface area contributed by atoms with E-state index in [0.717, 1.165) is 36.1 Å². The minimum Gasteiger partial charge on any atom is -0.340 e. The van der Waals surface area contributed by atoms with E-state index in [1.807, 2.05) is 13.0 Å². The molecular formula is C23H26N4. The lowest BCUT2D eigenvalue weighted by molar-refractivity contribution is 0.590. The van der Waals surface area contributed by atoms with Crippen LogP contribution >= 0.6 is 0 Å². The van der Waals surface area contributed by atoms with Crippen molar-refractivity contribution in [1.82, 2.24) is 9.97 Å². The third kappa shape index (κ3) is 3.65. The Balaban J connectivity index is 1.60. The van der Waals surface area contributed by atoms with Gasteiger partial charge >= 0.3 is 0 Å². The largest absolute Gasteiger partial charge is 0.340 e. The van der Waals surface area contributed by atoms with Gasteiger partial charge in [-0.05, 0) is 48.1 Å². The highest BCUT2D eigenvalue weighted by Gasteiger charge is 2.22. The molecule has 2 aromatic carbocycles. The Labute approximate surface area is 161 Å². The Morgan fingerprint density at radius 1 is 0.963 bits per heavy atom. The summed E-state index contributed by atoms with van der Waals surface area (Å²) in [5, 5.41) is 3.43. The van der Waals surface area contributed by atoms with Crippen molar-refractivity contribution in [2.45, 2.75) is 39.5 Å². The van der Waals surface area contributed by atoms with E-state index in [9.17, 15) is 0 Å². The van der Waals surface area contributed by atoms with E-state index in [-0.39, 0.29) is 5.41 Å². The molecule has 0 saturated heterocycles. The van der Waals surface area contributed by atoms with Gasteiger partial charge in [0.05, 0.1) is 0 Å². The molecule has 0 saturated carbocycles. The molecule has 1 N–H and O–H groups in total. The van der Waals surface area contributed by atoms with E-state index in [1.165, 1.54) is 16.8 Å². The number of rotatable bonds is 3. The first-order chi connectivity index (χ1) is 12.9. The maximum absolute atomic E-state index is 4.78. The molecule has 27 heavy (non-hydrogen) atoms. The smallest absolute Gasteiger partial charge is 0.232 e. The van der Waals surface area contributed by atoms with E-state index in [2.05, 4.69) is 84.5 Å². The molecular weight excluding hydrogens is 332 g/mol. The van der Waals surface area contributed by atoms with E-state index >= 15 is 0 Å². The molecule has 0 unspecified atom stereocenters. The number of benzene rings is 2. The summed E-state index contributed by atoms with van der Waals surface area (Å²) in [5.74, 6) is 1.58. The predicted octanol–water partition coefficient (Wildman–Crippen LogP) is 5.52. The zero-order valence-electron chi connectivity index (χ0n) is 16.5. The molecule has 1 aliphatic heterocycles. The number of hydrogen-bond acceptors (Lipinski definition) is 4. The van der Waals surface area contributed by atoms with Gasteiger partial charge in [0.15, 0.2) is 0 Å². The summed E-state index contributed by atoms with van der Waals surface area (Å²) < 4.78 is 0. The van der Waals surface area contributed by atoms with Crippen LogP contribution in [0.5, 0.6) is 0 Å². The highest BCUT2D eigenvalue weighted by atomic mass is 15.3. The monoisotopic (exact) mass is 358 g/mol. The van der Waals surface area contributed by atoms with Gasteiger partial charge in [0.25, 0.3) is 0 Å². The topological polar surface area (TPSA) is 41.1 Å². The van der Waals surface area contributed by atoms with E-state index < -0.39 is 0 Å². The van der Waals surface area contributed by atoms with Gasteiger partial charge in [-0.25, -0.2) is 4.98 Å². The number of aryl methyl sites for hydroxylation is 1. The summed E-state index contributed by atoms with van der Waals surface area (Å²) in [5.41, 5.74) is 6.03. The second-order valence-electron chi connectivity index (χ2n) is 8.18. The minimum atomic E-state index is 0.153. The van der Waals surface area contributed by atoms with Crippen molar-refractivity contribution < 1.29 is 0 Å². The van der Waals surface area contributed by atoms with Crippen LogP contribution in [0.3, 0.4) is 0 Å². The van der Waals surface area contributed by atoms with Crippen LogP contribution < -0.4 is 10.2 Å². The second-order valence-corrected chi connectivity index (χ2v) is 8.18. The zero-order chi connectivity index (χ0) is 19.0.